The Labute approximate surface area is 93.4 Å². The van der Waals surface area contributed by atoms with Crippen LogP contribution < -0.4 is 0 Å². The number of carboxylic acids is 1. The molecule has 88 valence electrons. The number of carbonyl (C=O) groups is 1. The predicted octanol–water partition coefficient (Wildman–Crippen LogP) is 4.01. The molecule has 2 nitrogen and oxygen atoms in total. The number of aliphatic carboxylic acids is 1. The molecule has 0 aromatic carbocycles. The van der Waals surface area contributed by atoms with Crippen LogP contribution in [0, 0.1) is 5.92 Å². The molecule has 1 aliphatic carbocycles. The highest BCUT2D eigenvalue weighted by molar-refractivity contribution is 5.66. The fourth-order valence-corrected chi connectivity index (χ4v) is 1.87. The van der Waals surface area contributed by atoms with E-state index in [-0.39, 0.29) is 0 Å². The van der Waals surface area contributed by atoms with Gasteiger partial charge in [-0.05, 0) is 18.8 Å². The van der Waals surface area contributed by atoms with Crippen molar-refractivity contribution in [3.05, 3.63) is 12.7 Å². The third kappa shape index (κ3) is 9.51. The van der Waals surface area contributed by atoms with Gasteiger partial charge in [-0.15, -0.1) is 6.58 Å². The summed E-state index contributed by atoms with van der Waals surface area (Å²) < 4.78 is 0. The van der Waals surface area contributed by atoms with E-state index in [9.17, 15) is 4.79 Å². The van der Waals surface area contributed by atoms with Crippen LogP contribution in [0.1, 0.15) is 58.3 Å². The summed E-state index contributed by atoms with van der Waals surface area (Å²) in [6, 6.07) is 0. The molecule has 0 atom stereocenters. The molecule has 1 rings (SSSR count). The molecule has 0 radical (unpaired) electrons. The van der Waals surface area contributed by atoms with Crippen molar-refractivity contribution in [2.24, 2.45) is 5.92 Å². The van der Waals surface area contributed by atoms with Gasteiger partial charge in [0, 0.05) is 6.42 Å². The van der Waals surface area contributed by atoms with Gasteiger partial charge in [0.1, 0.15) is 0 Å². The standard InChI is InChI=1S/C9H16.C4H8O2/c1-2-6-9-7-4-3-5-8-9;1-2-3-4(5)6/h2,9H,1,3-8H2;2-3H2,1H3,(H,5,6). The molecule has 1 aliphatic rings. The van der Waals surface area contributed by atoms with Crippen LogP contribution in [0.5, 0.6) is 0 Å². The van der Waals surface area contributed by atoms with E-state index in [0.717, 1.165) is 12.3 Å². The summed E-state index contributed by atoms with van der Waals surface area (Å²) in [5.41, 5.74) is 0. The Bertz CT molecular complexity index is 169. The van der Waals surface area contributed by atoms with E-state index in [1.807, 2.05) is 6.92 Å². The Morgan fingerprint density at radius 2 is 2.00 bits per heavy atom. The van der Waals surface area contributed by atoms with Crippen molar-refractivity contribution in [2.45, 2.75) is 58.3 Å². The lowest BCUT2D eigenvalue weighted by Crippen LogP contribution is -2.04. The Balaban J connectivity index is 0.000000288. The molecule has 2 heteroatoms. The summed E-state index contributed by atoms with van der Waals surface area (Å²) in [5.74, 6) is 0.272. The summed E-state index contributed by atoms with van der Waals surface area (Å²) in [6.45, 7) is 5.60. The lowest BCUT2D eigenvalue weighted by atomic mass is 9.87. The zero-order valence-corrected chi connectivity index (χ0v) is 9.87. The molecule has 0 spiro atoms. The van der Waals surface area contributed by atoms with Crippen LogP contribution in [-0.4, -0.2) is 11.1 Å². The highest BCUT2D eigenvalue weighted by Crippen LogP contribution is 2.25. The van der Waals surface area contributed by atoms with Crippen molar-refractivity contribution < 1.29 is 9.90 Å². The molecule has 0 amide bonds. The van der Waals surface area contributed by atoms with Gasteiger partial charge in [-0.25, -0.2) is 0 Å². The van der Waals surface area contributed by atoms with Crippen LogP contribution in [0.3, 0.4) is 0 Å². The van der Waals surface area contributed by atoms with E-state index in [1.54, 1.807) is 0 Å². The first-order valence-electron chi connectivity index (χ1n) is 6.03. The van der Waals surface area contributed by atoms with Gasteiger partial charge in [0.05, 0.1) is 0 Å². The fourth-order valence-electron chi connectivity index (χ4n) is 1.87. The van der Waals surface area contributed by atoms with Gasteiger partial charge in [-0.3, -0.25) is 4.79 Å². The summed E-state index contributed by atoms with van der Waals surface area (Å²) in [5, 5.41) is 7.91. The zero-order chi connectivity index (χ0) is 11.5. The Morgan fingerprint density at radius 3 is 2.33 bits per heavy atom. The molecule has 0 aliphatic heterocycles. The highest BCUT2D eigenvalue weighted by Gasteiger charge is 2.10. The number of carboxylic acid groups (broad SMARTS) is 1. The molecule has 0 unspecified atom stereocenters. The molecule has 1 fully saturated rings. The van der Waals surface area contributed by atoms with E-state index in [4.69, 9.17) is 5.11 Å². The Kier molecular flexibility index (Phi) is 9.24. The van der Waals surface area contributed by atoms with E-state index in [2.05, 4.69) is 12.7 Å². The molecule has 0 aromatic rings. The lowest BCUT2D eigenvalue weighted by Gasteiger charge is -2.19. The monoisotopic (exact) mass is 212 g/mol. The number of hydrogen-bond donors (Lipinski definition) is 1. The summed E-state index contributed by atoms with van der Waals surface area (Å²) in [4.78, 5) is 9.60. The quantitative estimate of drug-likeness (QED) is 0.715. The second kappa shape index (κ2) is 9.75. The first-order chi connectivity index (χ1) is 7.20. The zero-order valence-electron chi connectivity index (χ0n) is 9.87. The van der Waals surface area contributed by atoms with Crippen LogP contribution in [-0.2, 0) is 4.79 Å². The summed E-state index contributed by atoms with van der Waals surface area (Å²) in [6.07, 6.45) is 11.6. The van der Waals surface area contributed by atoms with E-state index in [1.165, 1.54) is 38.5 Å². The van der Waals surface area contributed by atoms with E-state index < -0.39 is 5.97 Å². The molecule has 0 aromatic heterocycles. The number of rotatable bonds is 4. The largest absolute Gasteiger partial charge is 0.481 e. The van der Waals surface area contributed by atoms with Gasteiger partial charge in [-0.2, -0.15) is 0 Å². The molecular weight excluding hydrogens is 188 g/mol. The first kappa shape index (κ1) is 14.2. The minimum atomic E-state index is -0.711. The number of allylic oxidation sites excluding steroid dienone is 1. The van der Waals surface area contributed by atoms with Crippen molar-refractivity contribution >= 4 is 5.97 Å². The predicted molar refractivity (Wildman–Crippen MR) is 63.9 cm³/mol. The molecular formula is C13H24O2. The van der Waals surface area contributed by atoms with Crippen LogP contribution in [0.15, 0.2) is 12.7 Å². The van der Waals surface area contributed by atoms with Crippen molar-refractivity contribution in [2.75, 3.05) is 0 Å². The maximum absolute atomic E-state index is 9.60. The van der Waals surface area contributed by atoms with Gasteiger partial charge in [0.15, 0.2) is 0 Å². The van der Waals surface area contributed by atoms with Crippen LogP contribution in [0.25, 0.3) is 0 Å². The molecule has 0 saturated heterocycles. The maximum Gasteiger partial charge on any atom is 0.303 e. The first-order valence-corrected chi connectivity index (χ1v) is 6.03. The molecule has 0 heterocycles. The smallest absolute Gasteiger partial charge is 0.303 e. The minimum Gasteiger partial charge on any atom is -0.481 e. The third-order valence-corrected chi connectivity index (χ3v) is 2.69. The topological polar surface area (TPSA) is 37.3 Å². The second-order valence-electron chi connectivity index (χ2n) is 4.17. The molecule has 15 heavy (non-hydrogen) atoms. The number of hydrogen-bond acceptors (Lipinski definition) is 1. The maximum atomic E-state index is 9.60. The molecule has 0 bridgehead atoms. The van der Waals surface area contributed by atoms with Crippen molar-refractivity contribution in [1.29, 1.82) is 0 Å². The fraction of sp³-hybridized carbons (Fsp3) is 0.769. The van der Waals surface area contributed by atoms with Crippen LogP contribution in [0.2, 0.25) is 0 Å². The van der Waals surface area contributed by atoms with E-state index in [0.29, 0.717) is 6.42 Å². The third-order valence-electron chi connectivity index (χ3n) is 2.69. The van der Waals surface area contributed by atoms with Crippen molar-refractivity contribution in [1.82, 2.24) is 0 Å². The van der Waals surface area contributed by atoms with E-state index >= 15 is 0 Å². The molecule has 1 N–H and O–H groups in total. The normalized spacial score (nSPS) is 16.3. The second-order valence-corrected chi connectivity index (χ2v) is 4.17. The van der Waals surface area contributed by atoms with Gasteiger partial charge < -0.3 is 5.11 Å². The van der Waals surface area contributed by atoms with Gasteiger partial charge in [0.2, 0.25) is 0 Å². The van der Waals surface area contributed by atoms with Crippen molar-refractivity contribution in [3.63, 3.8) is 0 Å². The summed E-state index contributed by atoms with van der Waals surface area (Å²) in [7, 11) is 0. The summed E-state index contributed by atoms with van der Waals surface area (Å²) >= 11 is 0. The molecule has 1 saturated carbocycles. The average Bonchev–Trinajstić information content (AvgIpc) is 2.20. The lowest BCUT2D eigenvalue weighted by molar-refractivity contribution is -0.137. The highest BCUT2D eigenvalue weighted by atomic mass is 16.4. The van der Waals surface area contributed by atoms with Crippen LogP contribution in [0.4, 0.5) is 0 Å². The van der Waals surface area contributed by atoms with Gasteiger partial charge in [0.25, 0.3) is 0 Å². The Hall–Kier alpha value is -0.790. The SMILES string of the molecule is C=CCC1CCCCC1.CCCC(=O)O. The minimum absolute atomic E-state index is 0.292. The van der Waals surface area contributed by atoms with Crippen LogP contribution >= 0.6 is 0 Å². The average molecular weight is 212 g/mol. The van der Waals surface area contributed by atoms with Crippen molar-refractivity contribution in [3.8, 4) is 0 Å². The van der Waals surface area contributed by atoms with Gasteiger partial charge in [-0.1, -0.05) is 45.1 Å². The Morgan fingerprint density at radius 1 is 1.40 bits per heavy atom. The van der Waals surface area contributed by atoms with Gasteiger partial charge >= 0.3 is 5.97 Å².